The molecule has 0 aromatic rings. The summed E-state index contributed by atoms with van der Waals surface area (Å²) < 4.78 is 0. The second-order valence-corrected chi connectivity index (χ2v) is 3.53. The molecule has 0 radical (unpaired) electrons. The third-order valence-electron chi connectivity index (χ3n) is 2.13. The number of nitrogens with zero attached hydrogens (tertiary/aromatic N) is 2. The number of hydrogen-bond donors (Lipinski definition) is 1. The van der Waals surface area contributed by atoms with E-state index in [2.05, 4.69) is 0 Å². The first-order valence-corrected chi connectivity index (χ1v) is 4.59. The number of carbonyl (C=O) groups excluding carboxylic acids is 2. The van der Waals surface area contributed by atoms with E-state index < -0.39 is 0 Å². The summed E-state index contributed by atoms with van der Waals surface area (Å²) in [5.74, 6) is -0.422. The highest BCUT2D eigenvalue weighted by Gasteiger charge is 2.20. The van der Waals surface area contributed by atoms with Crippen LogP contribution in [-0.4, -0.2) is 55.3 Å². The summed E-state index contributed by atoms with van der Waals surface area (Å²) in [5, 5.41) is 0. The number of amides is 2. The fourth-order valence-corrected chi connectivity index (χ4v) is 1.20. The Hall–Kier alpha value is -1.10. The average Bonchev–Trinajstić information content (AvgIpc) is 2.04. The molecule has 0 rings (SSSR count). The summed E-state index contributed by atoms with van der Waals surface area (Å²) >= 11 is 0. The average molecular weight is 201 g/mol. The highest BCUT2D eigenvalue weighted by Crippen LogP contribution is 2.00. The minimum Gasteiger partial charge on any atom is -0.368 e. The van der Waals surface area contributed by atoms with Crippen LogP contribution in [0.3, 0.4) is 0 Å². The Morgan fingerprint density at radius 3 is 2.07 bits per heavy atom. The van der Waals surface area contributed by atoms with Crippen LogP contribution in [0.25, 0.3) is 0 Å². The molecule has 0 aromatic carbocycles. The second-order valence-electron chi connectivity index (χ2n) is 3.53. The molecule has 0 aliphatic rings. The molecule has 1 atom stereocenters. The van der Waals surface area contributed by atoms with Gasteiger partial charge in [0.2, 0.25) is 11.8 Å². The maximum Gasteiger partial charge on any atom is 0.236 e. The number of likely N-dealkylation sites (N-methyl/N-ethyl adjacent to an activating group) is 2. The van der Waals surface area contributed by atoms with Gasteiger partial charge in [0.25, 0.3) is 0 Å². The van der Waals surface area contributed by atoms with Gasteiger partial charge in [0, 0.05) is 14.1 Å². The molecular weight excluding hydrogens is 182 g/mol. The van der Waals surface area contributed by atoms with E-state index in [9.17, 15) is 9.59 Å². The van der Waals surface area contributed by atoms with Crippen LogP contribution in [0.4, 0.5) is 0 Å². The zero-order chi connectivity index (χ0) is 11.3. The Kier molecular flexibility index (Phi) is 5.15. The second kappa shape index (κ2) is 5.59. The van der Waals surface area contributed by atoms with Gasteiger partial charge in [-0.3, -0.25) is 14.5 Å². The highest BCUT2D eigenvalue weighted by atomic mass is 16.2. The Labute approximate surface area is 84.8 Å². The van der Waals surface area contributed by atoms with Gasteiger partial charge in [0.05, 0.1) is 12.6 Å². The van der Waals surface area contributed by atoms with Crippen molar-refractivity contribution in [2.75, 3.05) is 27.7 Å². The van der Waals surface area contributed by atoms with Gasteiger partial charge in [0.1, 0.15) is 0 Å². The van der Waals surface area contributed by atoms with Gasteiger partial charge in [0.15, 0.2) is 0 Å². The van der Waals surface area contributed by atoms with Crippen LogP contribution in [0.5, 0.6) is 0 Å². The van der Waals surface area contributed by atoms with Gasteiger partial charge < -0.3 is 10.6 Å². The molecule has 0 spiro atoms. The zero-order valence-corrected chi connectivity index (χ0v) is 9.28. The molecule has 0 aromatic heterocycles. The van der Waals surface area contributed by atoms with Crippen LogP contribution < -0.4 is 5.73 Å². The number of nitrogens with two attached hydrogens (primary N) is 1. The van der Waals surface area contributed by atoms with Gasteiger partial charge in [-0.2, -0.15) is 0 Å². The van der Waals surface area contributed by atoms with E-state index in [4.69, 9.17) is 5.73 Å². The SMILES string of the molecule is CCC(C(N)=O)N(C)CC(=O)N(C)C. The Morgan fingerprint density at radius 1 is 1.29 bits per heavy atom. The molecule has 82 valence electrons. The van der Waals surface area contributed by atoms with Crippen molar-refractivity contribution < 1.29 is 9.59 Å². The van der Waals surface area contributed by atoms with Gasteiger partial charge >= 0.3 is 0 Å². The molecule has 0 bridgehead atoms. The lowest BCUT2D eigenvalue weighted by Crippen LogP contribution is -2.46. The van der Waals surface area contributed by atoms with Crippen molar-refractivity contribution in [3.05, 3.63) is 0 Å². The Morgan fingerprint density at radius 2 is 1.79 bits per heavy atom. The summed E-state index contributed by atoms with van der Waals surface area (Å²) in [6.07, 6.45) is 0.618. The molecule has 0 aliphatic heterocycles. The molecule has 0 saturated heterocycles. The van der Waals surface area contributed by atoms with Crippen molar-refractivity contribution >= 4 is 11.8 Å². The molecule has 1 unspecified atom stereocenters. The number of hydrogen-bond acceptors (Lipinski definition) is 3. The number of rotatable bonds is 5. The first-order valence-electron chi connectivity index (χ1n) is 4.59. The molecule has 2 amide bonds. The number of primary amides is 1. The van der Waals surface area contributed by atoms with Crippen LogP contribution in [0.1, 0.15) is 13.3 Å². The standard InChI is InChI=1S/C9H19N3O2/c1-5-7(9(10)14)12(4)6-8(13)11(2)3/h7H,5-6H2,1-4H3,(H2,10,14). The largest absolute Gasteiger partial charge is 0.368 e. The maximum absolute atomic E-state index is 11.3. The Balaban J connectivity index is 4.24. The third kappa shape index (κ3) is 3.74. The van der Waals surface area contributed by atoms with Crippen molar-refractivity contribution in [1.82, 2.24) is 9.80 Å². The minimum absolute atomic E-state index is 0.0350. The fourth-order valence-electron chi connectivity index (χ4n) is 1.20. The maximum atomic E-state index is 11.3. The van der Waals surface area contributed by atoms with Gasteiger partial charge in [-0.05, 0) is 13.5 Å². The van der Waals surface area contributed by atoms with Crippen LogP contribution in [-0.2, 0) is 9.59 Å². The topological polar surface area (TPSA) is 66.6 Å². The zero-order valence-electron chi connectivity index (χ0n) is 9.28. The van der Waals surface area contributed by atoms with E-state index in [0.29, 0.717) is 6.42 Å². The van der Waals surface area contributed by atoms with E-state index in [-0.39, 0.29) is 24.4 Å². The van der Waals surface area contributed by atoms with Crippen molar-refractivity contribution in [2.45, 2.75) is 19.4 Å². The molecule has 0 saturated carbocycles. The van der Waals surface area contributed by atoms with Crippen LogP contribution >= 0.6 is 0 Å². The lowest BCUT2D eigenvalue weighted by atomic mass is 10.2. The summed E-state index contributed by atoms with van der Waals surface area (Å²) in [7, 11) is 5.09. The lowest BCUT2D eigenvalue weighted by molar-refractivity contribution is -0.131. The van der Waals surface area contributed by atoms with Crippen LogP contribution in [0.15, 0.2) is 0 Å². The van der Waals surface area contributed by atoms with Crippen molar-refractivity contribution in [3.8, 4) is 0 Å². The summed E-state index contributed by atoms with van der Waals surface area (Å²) in [5.41, 5.74) is 5.19. The molecule has 2 N–H and O–H groups in total. The van der Waals surface area contributed by atoms with E-state index in [0.717, 1.165) is 0 Å². The van der Waals surface area contributed by atoms with Crippen molar-refractivity contribution in [1.29, 1.82) is 0 Å². The minimum atomic E-state index is -0.387. The first kappa shape index (κ1) is 12.9. The Bertz CT molecular complexity index is 216. The molecule has 14 heavy (non-hydrogen) atoms. The molecule has 0 heterocycles. The summed E-state index contributed by atoms with van der Waals surface area (Å²) in [4.78, 5) is 25.5. The van der Waals surface area contributed by atoms with E-state index in [1.54, 1.807) is 26.0 Å². The summed E-state index contributed by atoms with van der Waals surface area (Å²) in [6, 6.07) is -0.362. The molecular formula is C9H19N3O2. The normalized spacial score (nSPS) is 12.6. The van der Waals surface area contributed by atoms with E-state index in [1.165, 1.54) is 4.90 Å². The lowest BCUT2D eigenvalue weighted by Gasteiger charge is -2.24. The van der Waals surface area contributed by atoms with Gasteiger partial charge in [-0.25, -0.2) is 0 Å². The van der Waals surface area contributed by atoms with Gasteiger partial charge in [-0.1, -0.05) is 6.92 Å². The predicted molar refractivity (Wildman–Crippen MR) is 54.6 cm³/mol. The van der Waals surface area contributed by atoms with Crippen molar-refractivity contribution in [2.24, 2.45) is 5.73 Å². The van der Waals surface area contributed by atoms with Crippen LogP contribution in [0, 0.1) is 0 Å². The fraction of sp³-hybridized carbons (Fsp3) is 0.778. The number of carbonyl (C=O) groups is 2. The molecule has 5 heteroatoms. The third-order valence-corrected chi connectivity index (χ3v) is 2.13. The van der Waals surface area contributed by atoms with Crippen LogP contribution in [0.2, 0.25) is 0 Å². The van der Waals surface area contributed by atoms with E-state index in [1.807, 2.05) is 6.92 Å². The van der Waals surface area contributed by atoms with Crippen molar-refractivity contribution in [3.63, 3.8) is 0 Å². The first-order chi connectivity index (χ1) is 6.40. The molecule has 5 nitrogen and oxygen atoms in total. The molecule has 0 aliphatic carbocycles. The summed E-state index contributed by atoms with van der Waals surface area (Å²) in [6.45, 7) is 2.08. The van der Waals surface area contributed by atoms with Gasteiger partial charge in [-0.15, -0.1) is 0 Å². The molecule has 0 fully saturated rings. The highest BCUT2D eigenvalue weighted by molar-refractivity contribution is 5.82. The monoisotopic (exact) mass is 201 g/mol. The van der Waals surface area contributed by atoms with E-state index >= 15 is 0 Å². The smallest absolute Gasteiger partial charge is 0.236 e. The quantitative estimate of drug-likeness (QED) is 0.637. The predicted octanol–water partition coefficient (Wildman–Crippen LogP) is -0.730.